The van der Waals surface area contributed by atoms with E-state index in [9.17, 15) is 18.0 Å². The number of fused-ring (bicyclic) bond motifs is 2. The summed E-state index contributed by atoms with van der Waals surface area (Å²) in [5.74, 6) is 0.688. The summed E-state index contributed by atoms with van der Waals surface area (Å²) in [6, 6.07) is 15.4. The molecule has 0 bridgehead atoms. The first-order valence-electron chi connectivity index (χ1n) is 14.3. The normalized spacial score (nSPS) is 30.4. The van der Waals surface area contributed by atoms with Gasteiger partial charge in [-0.2, -0.15) is 13.2 Å². The number of hydrogen-bond acceptors (Lipinski definition) is 3. The fourth-order valence-corrected chi connectivity index (χ4v) is 8.03. The molecule has 0 radical (unpaired) electrons. The summed E-state index contributed by atoms with van der Waals surface area (Å²) in [5, 5.41) is 6.68. The zero-order valence-corrected chi connectivity index (χ0v) is 21.9. The third kappa shape index (κ3) is 4.56. The second kappa shape index (κ2) is 10.3. The average molecular weight is 526 g/mol. The van der Waals surface area contributed by atoms with Crippen molar-refractivity contribution in [3.8, 4) is 0 Å². The van der Waals surface area contributed by atoms with Gasteiger partial charge in [-0.25, -0.2) is 0 Å². The molecule has 4 atom stereocenters. The van der Waals surface area contributed by atoms with Crippen molar-refractivity contribution in [2.75, 3.05) is 26.2 Å². The molecule has 2 saturated heterocycles. The van der Waals surface area contributed by atoms with E-state index in [1.807, 2.05) is 12.1 Å². The van der Waals surface area contributed by atoms with E-state index in [1.165, 1.54) is 37.0 Å². The molecular weight excluding hydrogens is 487 g/mol. The van der Waals surface area contributed by atoms with E-state index in [1.54, 1.807) is 0 Å². The Hall–Kier alpha value is -2.38. The molecule has 4 unspecified atom stereocenters. The lowest BCUT2D eigenvalue weighted by Crippen LogP contribution is -2.57. The van der Waals surface area contributed by atoms with Crippen molar-refractivity contribution in [1.29, 1.82) is 0 Å². The molecule has 2 aromatic rings. The maximum absolute atomic E-state index is 14.5. The number of halogens is 3. The van der Waals surface area contributed by atoms with Crippen LogP contribution in [0, 0.1) is 11.8 Å². The predicted octanol–water partition coefficient (Wildman–Crippen LogP) is 5.62. The maximum atomic E-state index is 14.5. The van der Waals surface area contributed by atoms with Gasteiger partial charge >= 0.3 is 6.18 Å². The molecule has 6 rings (SSSR count). The van der Waals surface area contributed by atoms with Crippen LogP contribution in [0.25, 0.3) is 0 Å². The van der Waals surface area contributed by atoms with Crippen molar-refractivity contribution in [1.82, 2.24) is 15.5 Å². The van der Waals surface area contributed by atoms with Crippen molar-refractivity contribution in [2.45, 2.75) is 75.0 Å². The van der Waals surface area contributed by atoms with Gasteiger partial charge in [-0.1, -0.05) is 61.7 Å². The second-order valence-corrected chi connectivity index (χ2v) is 11.9. The SMILES string of the molecule is O=C(C1CNCC12CNCc1c(C(F)(F)F)cccc12)N1CCC(c2ccccc2)CC1C1CCCCC1. The number of amides is 1. The van der Waals surface area contributed by atoms with Crippen LogP contribution in [0.4, 0.5) is 13.2 Å². The predicted molar refractivity (Wildman–Crippen MR) is 142 cm³/mol. The number of hydrogen-bond donors (Lipinski definition) is 2. The summed E-state index contributed by atoms with van der Waals surface area (Å²) >= 11 is 0. The summed E-state index contributed by atoms with van der Waals surface area (Å²) in [6.45, 7) is 2.43. The van der Waals surface area contributed by atoms with E-state index in [-0.39, 0.29) is 24.4 Å². The van der Waals surface area contributed by atoms with Crippen LogP contribution in [0.1, 0.15) is 73.1 Å². The minimum atomic E-state index is -4.41. The van der Waals surface area contributed by atoms with Gasteiger partial charge in [0.15, 0.2) is 0 Å². The molecule has 2 aromatic carbocycles. The highest BCUT2D eigenvalue weighted by Crippen LogP contribution is 2.46. The fourth-order valence-electron chi connectivity index (χ4n) is 8.03. The molecule has 1 spiro atoms. The summed E-state index contributed by atoms with van der Waals surface area (Å²) in [4.78, 5) is 16.7. The molecule has 2 N–H and O–H groups in total. The van der Waals surface area contributed by atoms with Gasteiger partial charge in [-0.3, -0.25) is 4.79 Å². The van der Waals surface area contributed by atoms with Gasteiger partial charge in [-0.05, 0) is 60.3 Å². The standard InChI is InChI=1S/C31H38F3N3O/c32-31(33,34)26-13-7-12-25-24(26)17-35-19-30(25)20-36-18-27(30)29(38)37-15-14-23(21-8-3-1-4-9-21)16-28(37)22-10-5-2-6-11-22/h1,3-4,7-9,12-13,22-23,27-28,35-36H,2,5-6,10-11,14-20H2. The lowest BCUT2D eigenvalue weighted by molar-refractivity contribution is -0.142. The van der Waals surface area contributed by atoms with Crippen LogP contribution in [0.15, 0.2) is 48.5 Å². The molecule has 38 heavy (non-hydrogen) atoms. The molecule has 3 aliphatic heterocycles. The van der Waals surface area contributed by atoms with E-state index in [0.29, 0.717) is 42.6 Å². The number of likely N-dealkylation sites (tertiary alicyclic amines) is 1. The zero-order chi connectivity index (χ0) is 26.3. The number of benzene rings is 2. The third-order valence-corrected chi connectivity index (χ3v) is 9.91. The van der Waals surface area contributed by atoms with Crippen LogP contribution in [0.3, 0.4) is 0 Å². The van der Waals surface area contributed by atoms with Crippen LogP contribution in [0.2, 0.25) is 0 Å². The van der Waals surface area contributed by atoms with Gasteiger partial charge < -0.3 is 15.5 Å². The van der Waals surface area contributed by atoms with E-state index < -0.39 is 17.2 Å². The van der Waals surface area contributed by atoms with E-state index >= 15 is 0 Å². The van der Waals surface area contributed by atoms with Gasteiger partial charge in [0.05, 0.1) is 11.5 Å². The molecule has 3 fully saturated rings. The molecule has 3 heterocycles. The Bertz CT molecular complexity index is 1150. The Morgan fingerprint density at radius 1 is 0.921 bits per heavy atom. The van der Waals surface area contributed by atoms with E-state index in [0.717, 1.165) is 32.2 Å². The first kappa shape index (κ1) is 25.9. The lowest BCUT2D eigenvalue weighted by atomic mass is 9.67. The molecular formula is C31H38F3N3O. The minimum Gasteiger partial charge on any atom is -0.339 e. The topological polar surface area (TPSA) is 44.4 Å². The number of rotatable bonds is 3. The van der Waals surface area contributed by atoms with Crippen molar-refractivity contribution in [2.24, 2.45) is 11.8 Å². The highest BCUT2D eigenvalue weighted by Gasteiger charge is 2.53. The van der Waals surface area contributed by atoms with Crippen molar-refractivity contribution >= 4 is 5.91 Å². The smallest absolute Gasteiger partial charge is 0.339 e. The van der Waals surface area contributed by atoms with E-state index in [2.05, 4.69) is 39.8 Å². The molecule has 1 amide bonds. The Labute approximate surface area is 223 Å². The third-order valence-electron chi connectivity index (χ3n) is 9.91. The van der Waals surface area contributed by atoms with Crippen LogP contribution in [-0.2, 0) is 22.9 Å². The van der Waals surface area contributed by atoms with Crippen molar-refractivity contribution < 1.29 is 18.0 Å². The first-order chi connectivity index (χ1) is 18.4. The molecule has 1 saturated carbocycles. The van der Waals surface area contributed by atoms with Gasteiger partial charge in [0, 0.05) is 44.2 Å². The largest absolute Gasteiger partial charge is 0.416 e. The van der Waals surface area contributed by atoms with Gasteiger partial charge in [-0.15, -0.1) is 0 Å². The number of carbonyl (C=O) groups excluding carboxylic acids is 1. The molecule has 7 heteroatoms. The molecule has 204 valence electrons. The zero-order valence-electron chi connectivity index (χ0n) is 21.9. The Morgan fingerprint density at radius 2 is 1.68 bits per heavy atom. The van der Waals surface area contributed by atoms with Crippen LogP contribution < -0.4 is 10.6 Å². The second-order valence-electron chi connectivity index (χ2n) is 11.9. The summed E-state index contributed by atoms with van der Waals surface area (Å²) < 4.78 is 41.7. The van der Waals surface area contributed by atoms with Gasteiger partial charge in [0.2, 0.25) is 5.91 Å². The monoisotopic (exact) mass is 525 g/mol. The lowest BCUT2D eigenvalue weighted by Gasteiger charge is -2.48. The highest BCUT2D eigenvalue weighted by molar-refractivity contribution is 5.82. The fraction of sp³-hybridized carbons (Fsp3) is 0.581. The van der Waals surface area contributed by atoms with Crippen molar-refractivity contribution in [3.05, 3.63) is 70.8 Å². The summed E-state index contributed by atoms with van der Waals surface area (Å²) in [5.41, 5.74) is 1.11. The number of carbonyl (C=O) groups is 1. The molecule has 4 nitrogen and oxygen atoms in total. The number of alkyl halides is 3. The Kier molecular flexibility index (Phi) is 7.02. The number of nitrogens with one attached hydrogen (secondary N) is 2. The average Bonchev–Trinajstić information content (AvgIpc) is 3.36. The summed E-state index contributed by atoms with van der Waals surface area (Å²) in [7, 11) is 0. The highest BCUT2D eigenvalue weighted by atomic mass is 19.4. The van der Waals surface area contributed by atoms with Gasteiger partial charge in [0.1, 0.15) is 0 Å². The maximum Gasteiger partial charge on any atom is 0.416 e. The molecule has 4 aliphatic rings. The Balaban J connectivity index is 1.32. The van der Waals surface area contributed by atoms with Crippen LogP contribution >= 0.6 is 0 Å². The van der Waals surface area contributed by atoms with Gasteiger partial charge in [0.25, 0.3) is 0 Å². The van der Waals surface area contributed by atoms with Crippen LogP contribution in [0.5, 0.6) is 0 Å². The Morgan fingerprint density at radius 3 is 2.45 bits per heavy atom. The minimum absolute atomic E-state index is 0.129. The van der Waals surface area contributed by atoms with Crippen LogP contribution in [-0.4, -0.2) is 43.0 Å². The number of piperidine rings is 1. The molecule has 0 aromatic heterocycles. The first-order valence-corrected chi connectivity index (χ1v) is 14.3. The van der Waals surface area contributed by atoms with Crippen molar-refractivity contribution in [3.63, 3.8) is 0 Å². The summed E-state index contributed by atoms with van der Waals surface area (Å²) in [6.07, 6.45) is 3.49. The molecule has 1 aliphatic carbocycles. The number of nitrogens with zero attached hydrogens (tertiary/aromatic N) is 1. The quantitative estimate of drug-likeness (QED) is 0.547. The van der Waals surface area contributed by atoms with E-state index in [4.69, 9.17) is 0 Å².